The van der Waals surface area contributed by atoms with Crippen molar-refractivity contribution in [2.24, 2.45) is 5.92 Å². The van der Waals surface area contributed by atoms with Gasteiger partial charge in [0.2, 0.25) is 0 Å². The SMILES string of the molecule is C[C@@H](OC[C@@]1(c2ccccc2)CC[C@H](COCc2ccccc2)CN1)c1cc(C(F)(F)F)cc(C(F)(F)F)c1. The van der Waals surface area contributed by atoms with Crippen molar-refractivity contribution in [2.75, 3.05) is 19.8 Å². The minimum atomic E-state index is -4.91. The van der Waals surface area contributed by atoms with Crippen molar-refractivity contribution in [3.8, 4) is 0 Å². The molecule has 1 saturated heterocycles. The lowest BCUT2D eigenvalue weighted by Crippen LogP contribution is -2.52. The molecule has 39 heavy (non-hydrogen) atoms. The molecule has 1 aliphatic heterocycles. The standard InChI is InChI=1S/C30H31F6NO2/c1-21(24-14-26(29(31,32)33)16-27(15-24)30(34,35)36)39-20-28(25-10-6-3-7-11-25)13-12-23(17-37-28)19-38-18-22-8-4-2-5-9-22/h2-11,14-16,21,23,37H,12-13,17-20H2,1H3/t21-,23+,28-/m1/s1. The van der Waals surface area contributed by atoms with Crippen molar-refractivity contribution < 1.29 is 35.8 Å². The van der Waals surface area contributed by atoms with Gasteiger partial charge in [0.1, 0.15) is 0 Å². The molecule has 3 nitrogen and oxygen atoms in total. The van der Waals surface area contributed by atoms with E-state index in [4.69, 9.17) is 9.47 Å². The van der Waals surface area contributed by atoms with Gasteiger partial charge in [-0.15, -0.1) is 0 Å². The normalized spacial score (nSPS) is 21.1. The Morgan fingerprint density at radius 3 is 2.00 bits per heavy atom. The summed E-state index contributed by atoms with van der Waals surface area (Å²) in [5.41, 5.74) is -1.49. The van der Waals surface area contributed by atoms with Crippen LogP contribution in [0.2, 0.25) is 0 Å². The lowest BCUT2D eigenvalue weighted by atomic mass is 9.80. The molecule has 0 bridgehead atoms. The first-order valence-corrected chi connectivity index (χ1v) is 12.8. The Morgan fingerprint density at radius 1 is 0.872 bits per heavy atom. The third-order valence-corrected chi connectivity index (χ3v) is 7.16. The summed E-state index contributed by atoms with van der Waals surface area (Å²) in [4.78, 5) is 0. The smallest absolute Gasteiger partial charge is 0.376 e. The lowest BCUT2D eigenvalue weighted by Gasteiger charge is -2.42. The van der Waals surface area contributed by atoms with Crippen LogP contribution in [0.4, 0.5) is 26.3 Å². The van der Waals surface area contributed by atoms with E-state index in [9.17, 15) is 26.3 Å². The van der Waals surface area contributed by atoms with E-state index in [-0.39, 0.29) is 24.2 Å². The Balaban J connectivity index is 1.45. The number of halogens is 6. The fraction of sp³-hybridized carbons (Fsp3) is 0.400. The molecule has 0 aromatic heterocycles. The Bertz CT molecular complexity index is 1160. The zero-order valence-corrected chi connectivity index (χ0v) is 21.5. The maximum Gasteiger partial charge on any atom is 0.416 e. The average molecular weight is 552 g/mol. The number of nitrogens with one attached hydrogen (secondary N) is 1. The molecule has 0 unspecified atom stereocenters. The minimum absolute atomic E-state index is 0.0768. The molecule has 9 heteroatoms. The van der Waals surface area contributed by atoms with Gasteiger partial charge in [0.25, 0.3) is 0 Å². The van der Waals surface area contributed by atoms with Crippen molar-refractivity contribution in [1.82, 2.24) is 5.32 Å². The largest absolute Gasteiger partial charge is 0.416 e. The summed E-state index contributed by atoms with van der Waals surface area (Å²) in [6, 6.07) is 21.0. The van der Waals surface area contributed by atoms with Gasteiger partial charge in [-0.05, 0) is 60.6 Å². The summed E-state index contributed by atoms with van der Waals surface area (Å²) in [7, 11) is 0. The third kappa shape index (κ3) is 7.62. The van der Waals surface area contributed by atoms with E-state index in [0.717, 1.165) is 29.7 Å². The zero-order chi connectivity index (χ0) is 28.1. The van der Waals surface area contributed by atoms with E-state index in [1.54, 1.807) is 0 Å². The summed E-state index contributed by atoms with van der Waals surface area (Å²) in [6.45, 7) is 3.25. The van der Waals surface area contributed by atoms with Crippen LogP contribution in [0.5, 0.6) is 0 Å². The molecule has 0 aliphatic carbocycles. The first-order valence-electron chi connectivity index (χ1n) is 12.8. The predicted molar refractivity (Wildman–Crippen MR) is 136 cm³/mol. The van der Waals surface area contributed by atoms with Crippen molar-refractivity contribution in [1.29, 1.82) is 0 Å². The van der Waals surface area contributed by atoms with E-state index >= 15 is 0 Å². The van der Waals surface area contributed by atoms with Gasteiger partial charge < -0.3 is 14.8 Å². The van der Waals surface area contributed by atoms with Crippen LogP contribution < -0.4 is 5.32 Å². The molecule has 1 heterocycles. The molecule has 3 aromatic carbocycles. The summed E-state index contributed by atoms with van der Waals surface area (Å²) in [5, 5.41) is 3.56. The number of alkyl halides is 6. The fourth-order valence-electron chi connectivity index (χ4n) is 4.83. The minimum Gasteiger partial charge on any atom is -0.376 e. The van der Waals surface area contributed by atoms with Crippen LogP contribution in [-0.2, 0) is 34.0 Å². The molecule has 1 fully saturated rings. The average Bonchev–Trinajstić information content (AvgIpc) is 2.92. The third-order valence-electron chi connectivity index (χ3n) is 7.16. The van der Waals surface area contributed by atoms with Crippen LogP contribution >= 0.6 is 0 Å². The zero-order valence-electron chi connectivity index (χ0n) is 21.5. The molecular weight excluding hydrogens is 520 g/mol. The van der Waals surface area contributed by atoms with Crippen molar-refractivity contribution >= 4 is 0 Å². The van der Waals surface area contributed by atoms with Crippen LogP contribution in [0.15, 0.2) is 78.9 Å². The van der Waals surface area contributed by atoms with Gasteiger partial charge in [0.15, 0.2) is 0 Å². The van der Waals surface area contributed by atoms with Crippen LogP contribution in [0.25, 0.3) is 0 Å². The van der Waals surface area contributed by atoms with Gasteiger partial charge >= 0.3 is 12.4 Å². The topological polar surface area (TPSA) is 30.5 Å². The van der Waals surface area contributed by atoms with Crippen LogP contribution in [0.1, 0.15) is 53.7 Å². The molecule has 0 radical (unpaired) electrons. The molecular formula is C30H31F6NO2. The quantitative estimate of drug-likeness (QED) is 0.274. The maximum absolute atomic E-state index is 13.4. The van der Waals surface area contributed by atoms with E-state index in [2.05, 4.69) is 5.32 Å². The monoisotopic (exact) mass is 551 g/mol. The number of benzene rings is 3. The molecule has 0 saturated carbocycles. The van der Waals surface area contributed by atoms with Crippen LogP contribution in [0.3, 0.4) is 0 Å². The van der Waals surface area contributed by atoms with E-state index in [1.165, 1.54) is 6.92 Å². The molecule has 1 N–H and O–H groups in total. The highest BCUT2D eigenvalue weighted by atomic mass is 19.4. The van der Waals surface area contributed by atoms with E-state index < -0.39 is 35.1 Å². The Morgan fingerprint density at radius 2 is 1.46 bits per heavy atom. The van der Waals surface area contributed by atoms with Gasteiger partial charge in [-0.25, -0.2) is 0 Å². The highest BCUT2D eigenvalue weighted by molar-refractivity contribution is 5.35. The molecule has 3 atom stereocenters. The first-order chi connectivity index (χ1) is 18.5. The van der Waals surface area contributed by atoms with Crippen molar-refractivity contribution in [3.63, 3.8) is 0 Å². The highest BCUT2D eigenvalue weighted by Gasteiger charge is 2.39. The van der Waals surface area contributed by atoms with Gasteiger partial charge in [0.05, 0.1) is 42.6 Å². The second-order valence-corrected chi connectivity index (χ2v) is 10.0. The summed E-state index contributed by atoms with van der Waals surface area (Å²) in [5.74, 6) is 0.251. The highest BCUT2D eigenvalue weighted by Crippen LogP contribution is 2.39. The summed E-state index contributed by atoms with van der Waals surface area (Å²) >= 11 is 0. The second kappa shape index (κ2) is 12.1. The number of piperidine rings is 1. The summed E-state index contributed by atoms with van der Waals surface area (Å²) < 4.78 is 92.0. The number of hydrogen-bond acceptors (Lipinski definition) is 3. The van der Waals surface area contributed by atoms with Gasteiger partial charge in [-0.3, -0.25) is 0 Å². The second-order valence-electron chi connectivity index (χ2n) is 10.0. The molecule has 210 valence electrons. The number of ether oxygens (including phenoxy) is 2. The van der Waals surface area contributed by atoms with Gasteiger partial charge in [0, 0.05) is 6.54 Å². The summed E-state index contributed by atoms with van der Waals surface area (Å²) in [6.07, 6.45) is -9.34. The number of hydrogen-bond donors (Lipinski definition) is 1. The van der Waals surface area contributed by atoms with Gasteiger partial charge in [-0.1, -0.05) is 60.7 Å². The van der Waals surface area contributed by atoms with Crippen molar-refractivity contribution in [3.05, 3.63) is 107 Å². The number of rotatable bonds is 9. The van der Waals surface area contributed by atoms with E-state index in [1.807, 2.05) is 60.7 Å². The fourth-order valence-corrected chi connectivity index (χ4v) is 4.83. The van der Waals surface area contributed by atoms with Crippen molar-refractivity contribution in [2.45, 2.75) is 50.4 Å². The maximum atomic E-state index is 13.4. The van der Waals surface area contributed by atoms with Crippen LogP contribution in [-0.4, -0.2) is 19.8 Å². The Labute approximate surface area is 224 Å². The Hall–Kier alpha value is -2.88. The molecule has 0 spiro atoms. The molecule has 4 rings (SSSR count). The first kappa shape index (κ1) is 29.1. The predicted octanol–water partition coefficient (Wildman–Crippen LogP) is 7.91. The molecule has 0 amide bonds. The lowest BCUT2D eigenvalue weighted by molar-refractivity contribution is -0.143. The van der Waals surface area contributed by atoms with E-state index in [0.29, 0.717) is 26.2 Å². The molecule has 1 aliphatic rings. The Kier molecular flexibility index (Phi) is 9.03. The van der Waals surface area contributed by atoms with Gasteiger partial charge in [-0.2, -0.15) is 26.3 Å². The molecule has 3 aromatic rings. The van der Waals surface area contributed by atoms with Crippen LogP contribution in [0, 0.1) is 5.92 Å².